The maximum absolute atomic E-state index is 12.4. The lowest BCUT2D eigenvalue weighted by Gasteiger charge is -2.08. The highest BCUT2D eigenvalue weighted by Gasteiger charge is 2.14. The van der Waals surface area contributed by atoms with Gasteiger partial charge in [0.1, 0.15) is 18.1 Å². The first-order valence-electron chi connectivity index (χ1n) is 8.26. The van der Waals surface area contributed by atoms with Gasteiger partial charge < -0.3 is 19.8 Å². The highest BCUT2D eigenvalue weighted by atomic mass is 79.9. The molecular weight excluding hydrogens is 448 g/mol. The molecule has 8 heteroatoms. The van der Waals surface area contributed by atoms with Crippen LogP contribution in [0.3, 0.4) is 0 Å². The predicted molar refractivity (Wildman–Crippen MR) is 111 cm³/mol. The van der Waals surface area contributed by atoms with Crippen molar-refractivity contribution in [2.24, 2.45) is 0 Å². The van der Waals surface area contributed by atoms with Gasteiger partial charge in [-0.15, -0.1) is 0 Å². The highest BCUT2D eigenvalue weighted by molar-refractivity contribution is 9.10. The van der Waals surface area contributed by atoms with Gasteiger partial charge in [0.25, 0.3) is 5.91 Å². The molecule has 0 spiro atoms. The van der Waals surface area contributed by atoms with E-state index >= 15 is 0 Å². The summed E-state index contributed by atoms with van der Waals surface area (Å²) in [7, 11) is 0. The molecule has 0 aliphatic heterocycles. The van der Waals surface area contributed by atoms with E-state index in [9.17, 15) is 9.59 Å². The summed E-state index contributed by atoms with van der Waals surface area (Å²) in [5, 5.41) is 5.59. The molecule has 2 N–H and O–H groups in total. The molecule has 0 radical (unpaired) electrons. The van der Waals surface area contributed by atoms with Crippen molar-refractivity contribution in [2.75, 3.05) is 10.6 Å². The third-order valence-corrected chi connectivity index (χ3v) is 4.41. The van der Waals surface area contributed by atoms with E-state index in [4.69, 9.17) is 20.8 Å². The maximum atomic E-state index is 12.4. The minimum Gasteiger partial charge on any atom is -0.486 e. The quantitative estimate of drug-likeness (QED) is 0.507. The largest absolute Gasteiger partial charge is 0.486 e. The normalized spacial score (nSPS) is 10.4. The second kappa shape index (κ2) is 8.95. The van der Waals surface area contributed by atoms with Crippen molar-refractivity contribution >= 4 is 50.7 Å². The molecule has 0 unspecified atom stereocenters. The Bertz CT molecular complexity index is 1020. The number of hydrogen-bond donors (Lipinski definition) is 2. The van der Waals surface area contributed by atoms with E-state index in [0.29, 0.717) is 27.9 Å². The summed E-state index contributed by atoms with van der Waals surface area (Å²) >= 11 is 9.54. The Balaban J connectivity index is 1.61. The molecule has 1 heterocycles. The Kier molecular flexibility index (Phi) is 6.38. The number of nitrogens with one attached hydrogen (secondary N) is 2. The summed E-state index contributed by atoms with van der Waals surface area (Å²) in [6, 6.07) is 15.5. The molecule has 3 aromatic rings. The van der Waals surface area contributed by atoms with Crippen LogP contribution in [-0.4, -0.2) is 11.8 Å². The van der Waals surface area contributed by atoms with Gasteiger partial charge in [0.05, 0.1) is 10.7 Å². The first-order chi connectivity index (χ1) is 13.4. The van der Waals surface area contributed by atoms with Gasteiger partial charge in [-0.05, 0) is 48.5 Å². The monoisotopic (exact) mass is 462 g/mol. The average Bonchev–Trinajstić information content (AvgIpc) is 3.11. The predicted octanol–water partition coefficient (Wildman–Crippen LogP) is 5.49. The lowest BCUT2D eigenvalue weighted by atomic mass is 10.2. The van der Waals surface area contributed by atoms with Gasteiger partial charge >= 0.3 is 0 Å². The van der Waals surface area contributed by atoms with E-state index in [1.54, 1.807) is 30.3 Å². The maximum Gasteiger partial charge on any atom is 0.291 e. The number of hydrogen-bond acceptors (Lipinski definition) is 4. The van der Waals surface area contributed by atoms with Crippen LogP contribution in [0.1, 0.15) is 23.2 Å². The van der Waals surface area contributed by atoms with Crippen molar-refractivity contribution in [3.05, 3.63) is 75.6 Å². The number of rotatable bonds is 6. The van der Waals surface area contributed by atoms with E-state index in [1.165, 1.54) is 6.92 Å². The summed E-state index contributed by atoms with van der Waals surface area (Å²) in [5.41, 5.74) is 0.949. The van der Waals surface area contributed by atoms with Crippen molar-refractivity contribution < 1.29 is 18.7 Å². The number of halogens is 2. The zero-order valence-corrected chi connectivity index (χ0v) is 17.1. The summed E-state index contributed by atoms with van der Waals surface area (Å²) in [4.78, 5) is 23.5. The van der Waals surface area contributed by atoms with Gasteiger partial charge in [-0.25, -0.2) is 0 Å². The molecule has 0 fully saturated rings. The number of ether oxygens (including phenoxy) is 1. The van der Waals surface area contributed by atoms with Crippen LogP contribution in [0.2, 0.25) is 5.02 Å². The van der Waals surface area contributed by atoms with E-state index < -0.39 is 5.91 Å². The van der Waals surface area contributed by atoms with Gasteiger partial charge in [0.2, 0.25) is 5.91 Å². The lowest BCUT2D eigenvalue weighted by molar-refractivity contribution is -0.114. The molecule has 0 saturated heterocycles. The number of carbonyl (C=O) groups is 2. The molecule has 6 nitrogen and oxygen atoms in total. The fourth-order valence-electron chi connectivity index (χ4n) is 2.37. The van der Waals surface area contributed by atoms with Gasteiger partial charge in [-0.1, -0.05) is 33.6 Å². The summed E-state index contributed by atoms with van der Waals surface area (Å²) in [6.45, 7) is 1.59. The summed E-state index contributed by atoms with van der Waals surface area (Å²) in [6.07, 6.45) is 0. The van der Waals surface area contributed by atoms with Crippen molar-refractivity contribution in [3.63, 3.8) is 0 Å². The molecule has 0 aliphatic rings. The number of carbonyl (C=O) groups excluding carboxylic acids is 2. The minimum absolute atomic E-state index is 0.134. The van der Waals surface area contributed by atoms with Crippen LogP contribution in [0.15, 0.2) is 63.5 Å². The Morgan fingerprint density at radius 1 is 1.11 bits per heavy atom. The number of benzene rings is 2. The third kappa shape index (κ3) is 5.37. The minimum atomic E-state index is -0.442. The third-order valence-electron chi connectivity index (χ3n) is 3.60. The molecule has 0 bridgehead atoms. The molecule has 0 aliphatic carbocycles. The Labute approximate surface area is 175 Å². The molecule has 3 rings (SSSR count). The SMILES string of the molecule is CC(=O)Nc1ccc(NC(=O)c2ccc(COc3cccc(Br)c3)o2)c(Cl)c1. The van der Waals surface area contributed by atoms with E-state index in [0.717, 1.165) is 4.47 Å². The van der Waals surface area contributed by atoms with E-state index in [2.05, 4.69) is 26.6 Å². The molecule has 2 amide bonds. The number of amides is 2. The molecule has 0 atom stereocenters. The van der Waals surface area contributed by atoms with Crippen molar-refractivity contribution in [3.8, 4) is 5.75 Å². The summed E-state index contributed by atoms with van der Waals surface area (Å²) < 4.78 is 12.1. The molecule has 28 heavy (non-hydrogen) atoms. The molecular formula is C20H16BrClN2O4. The lowest BCUT2D eigenvalue weighted by Crippen LogP contribution is -2.12. The van der Waals surface area contributed by atoms with Gasteiger partial charge in [0.15, 0.2) is 5.76 Å². The summed E-state index contributed by atoms with van der Waals surface area (Å²) in [5.74, 6) is 0.679. The smallest absolute Gasteiger partial charge is 0.291 e. The van der Waals surface area contributed by atoms with E-state index in [-0.39, 0.29) is 18.3 Å². The van der Waals surface area contributed by atoms with Crippen molar-refractivity contribution in [1.82, 2.24) is 0 Å². The Hall–Kier alpha value is -2.77. The van der Waals surface area contributed by atoms with Crippen molar-refractivity contribution in [1.29, 1.82) is 0 Å². The second-order valence-corrected chi connectivity index (χ2v) is 7.16. The first-order valence-corrected chi connectivity index (χ1v) is 9.43. The second-order valence-electron chi connectivity index (χ2n) is 5.84. The first kappa shape index (κ1) is 20.0. The van der Waals surface area contributed by atoms with Crippen LogP contribution in [0.5, 0.6) is 5.75 Å². The number of furan rings is 1. The highest BCUT2D eigenvalue weighted by Crippen LogP contribution is 2.26. The van der Waals surface area contributed by atoms with Crippen LogP contribution in [-0.2, 0) is 11.4 Å². The average molecular weight is 464 g/mol. The van der Waals surface area contributed by atoms with Crippen LogP contribution >= 0.6 is 27.5 Å². The van der Waals surface area contributed by atoms with Gasteiger partial charge in [-0.3, -0.25) is 9.59 Å². The standard InChI is InChI=1S/C20H16BrClN2O4/c1-12(25)23-14-5-7-18(17(22)10-14)24-20(26)19-8-6-16(28-19)11-27-15-4-2-3-13(21)9-15/h2-10H,11H2,1H3,(H,23,25)(H,24,26). The van der Waals surface area contributed by atoms with Crippen molar-refractivity contribution in [2.45, 2.75) is 13.5 Å². The molecule has 2 aromatic carbocycles. The Morgan fingerprint density at radius 3 is 2.64 bits per heavy atom. The zero-order valence-electron chi connectivity index (χ0n) is 14.8. The zero-order chi connectivity index (χ0) is 20.1. The topological polar surface area (TPSA) is 80.6 Å². The number of anilines is 2. The van der Waals surface area contributed by atoms with Crippen LogP contribution < -0.4 is 15.4 Å². The van der Waals surface area contributed by atoms with E-state index in [1.807, 2.05) is 24.3 Å². The fraction of sp³-hybridized carbons (Fsp3) is 0.100. The molecule has 0 saturated carbocycles. The van der Waals surface area contributed by atoms with Gasteiger partial charge in [0, 0.05) is 17.1 Å². The van der Waals surface area contributed by atoms with Gasteiger partial charge in [-0.2, -0.15) is 0 Å². The molecule has 1 aromatic heterocycles. The Morgan fingerprint density at radius 2 is 1.93 bits per heavy atom. The fourth-order valence-corrected chi connectivity index (χ4v) is 2.98. The van der Waals surface area contributed by atoms with Crippen LogP contribution in [0, 0.1) is 0 Å². The van der Waals surface area contributed by atoms with Crippen LogP contribution in [0.4, 0.5) is 11.4 Å². The molecule has 144 valence electrons. The van der Waals surface area contributed by atoms with Crippen LogP contribution in [0.25, 0.3) is 0 Å².